The van der Waals surface area contributed by atoms with Gasteiger partial charge in [0.1, 0.15) is 22.1 Å². The summed E-state index contributed by atoms with van der Waals surface area (Å²) in [4.78, 5) is 40.8. The van der Waals surface area contributed by atoms with E-state index in [-0.39, 0.29) is 34.7 Å². The number of hydrogen-bond donors (Lipinski definition) is 3. The van der Waals surface area contributed by atoms with Crippen LogP contribution in [-0.2, 0) is 9.53 Å². The lowest BCUT2D eigenvalue weighted by molar-refractivity contribution is -0.123. The van der Waals surface area contributed by atoms with E-state index in [9.17, 15) is 14.4 Å². The Kier molecular flexibility index (Phi) is 8.09. The zero-order valence-corrected chi connectivity index (χ0v) is 21.4. The third kappa shape index (κ3) is 5.59. The Hall–Kier alpha value is -3.90. The molecule has 1 saturated heterocycles. The van der Waals surface area contributed by atoms with Crippen molar-refractivity contribution in [3.05, 3.63) is 58.5 Å². The number of amides is 3. The van der Waals surface area contributed by atoms with Crippen LogP contribution < -0.4 is 26.4 Å². The molecule has 1 fully saturated rings. The summed E-state index contributed by atoms with van der Waals surface area (Å²) in [6.45, 7) is 4.79. The number of ether oxygens (including phenoxy) is 2. The number of hydrogen-bond acceptors (Lipinski definition) is 9. The summed E-state index contributed by atoms with van der Waals surface area (Å²) in [7, 11) is 0. The van der Waals surface area contributed by atoms with E-state index in [0.717, 1.165) is 24.4 Å². The SMILES string of the molecule is CCOc1ccccc1N(C(=O)c1snc(C(N)=O)c1N)C(C(=O)NCC1CCCO1)c1ccc(C)o1. The highest BCUT2D eigenvalue weighted by molar-refractivity contribution is 7.09. The van der Waals surface area contributed by atoms with E-state index in [2.05, 4.69) is 9.69 Å². The number of primary amides is 1. The Labute approximate surface area is 217 Å². The van der Waals surface area contributed by atoms with Gasteiger partial charge in [0, 0.05) is 13.2 Å². The number of carbonyl (C=O) groups excluding carboxylic acids is 3. The first-order valence-corrected chi connectivity index (χ1v) is 12.6. The first kappa shape index (κ1) is 26.2. The fraction of sp³-hybridized carbons (Fsp3) is 0.360. The summed E-state index contributed by atoms with van der Waals surface area (Å²) in [6, 6.07) is 8.94. The van der Waals surface area contributed by atoms with Crippen molar-refractivity contribution < 1.29 is 28.3 Å². The molecule has 0 aliphatic carbocycles. The molecule has 11 nitrogen and oxygen atoms in total. The fourth-order valence-electron chi connectivity index (χ4n) is 4.13. The predicted molar refractivity (Wildman–Crippen MR) is 138 cm³/mol. The van der Waals surface area contributed by atoms with E-state index in [1.807, 2.05) is 6.92 Å². The van der Waals surface area contributed by atoms with Crippen molar-refractivity contribution in [1.29, 1.82) is 0 Å². The maximum absolute atomic E-state index is 14.1. The number of rotatable bonds is 10. The minimum absolute atomic E-state index is 0.0414. The minimum Gasteiger partial charge on any atom is -0.492 e. The van der Waals surface area contributed by atoms with E-state index in [4.69, 9.17) is 25.4 Å². The quantitative estimate of drug-likeness (QED) is 0.362. The number of nitrogen functional groups attached to an aromatic ring is 1. The van der Waals surface area contributed by atoms with Crippen molar-refractivity contribution in [2.24, 2.45) is 5.73 Å². The molecule has 2 atom stereocenters. The molecule has 5 N–H and O–H groups in total. The molecule has 2 aromatic heterocycles. The summed E-state index contributed by atoms with van der Waals surface area (Å²) in [5, 5.41) is 2.90. The molecule has 1 aliphatic rings. The number of furan rings is 1. The molecule has 12 heteroatoms. The molecule has 3 amide bonds. The predicted octanol–water partition coefficient (Wildman–Crippen LogP) is 2.81. The third-order valence-electron chi connectivity index (χ3n) is 5.86. The topological polar surface area (TPSA) is 163 Å². The summed E-state index contributed by atoms with van der Waals surface area (Å²) < 4.78 is 21.3. The first-order chi connectivity index (χ1) is 17.8. The highest BCUT2D eigenvalue weighted by Gasteiger charge is 2.39. The summed E-state index contributed by atoms with van der Waals surface area (Å²) >= 11 is 0.728. The molecular weight excluding hydrogens is 498 g/mol. The Morgan fingerprint density at radius 1 is 1.27 bits per heavy atom. The number of benzene rings is 1. The van der Waals surface area contributed by atoms with Crippen molar-refractivity contribution in [2.75, 3.05) is 30.4 Å². The molecule has 0 saturated carbocycles. The smallest absolute Gasteiger partial charge is 0.273 e. The maximum atomic E-state index is 14.1. The van der Waals surface area contributed by atoms with E-state index in [1.165, 1.54) is 4.90 Å². The lowest BCUT2D eigenvalue weighted by Crippen LogP contribution is -2.45. The van der Waals surface area contributed by atoms with Crippen LogP contribution >= 0.6 is 11.5 Å². The standard InChI is InChI=1S/C25H29N5O6S/c1-3-34-17-9-5-4-8-16(17)30(25(33)22-19(26)20(23(27)31)29-37-22)21(18-11-10-14(2)36-18)24(32)28-13-15-7-6-12-35-15/h4-5,8-11,15,21H,3,6-7,12-13,26H2,1-2H3,(H2,27,31)(H,28,32). The molecule has 1 aliphatic heterocycles. The number of nitrogens with one attached hydrogen (secondary N) is 1. The van der Waals surface area contributed by atoms with Gasteiger partial charge in [0.15, 0.2) is 11.7 Å². The maximum Gasteiger partial charge on any atom is 0.273 e. The fourth-order valence-corrected chi connectivity index (χ4v) is 4.87. The minimum atomic E-state index is -1.23. The third-order valence-corrected chi connectivity index (χ3v) is 6.72. The van der Waals surface area contributed by atoms with Gasteiger partial charge in [0.05, 0.1) is 24.1 Å². The number of aromatic nitrogens is 1. The number of nitrogens with zero attached hydrogens (tertiary/aromatic N) is 2. The second-order valence-corrected chi connectivity index (χ2v) is 9.22. The van der Waals surface area contributed by atoms with Gasteiger partial charge in [0.25, 0.3) is 17.7 Å². The van der Waals surface area contributed by atoms with Gasteiger partial charge in [-0.25, -0.2) is 0 Å². The van der Waals surface area contributed by atoms with Crippen LogP contribution in [0.5, 0.6) is 5.75 Å². The Balaban J connectivity index is 1.83. The van der Waals surface area contributed by atoms with Gasteiger partial charge >= 0.3 is 0 Å². The second-order valence-electron chi connectivity index (χ2n) is 8.45. The number of carbonyl (C=O) groups is 3. The highest BCUT2D eigenvalue weighted by Crippen LogP contribution is 2.38. The van der Waals surface area contributed by atoms with Crippen LogP contribution in [0.4, 0.5) is 11.4 Å². The Morgan fingerprint density at radius 2 is 2.05 bits per heavy atom. The van der Waals surface area contributed by atoms with Gasteiger partial charge in [-0.15, -0.1) is 0 Å². The molecule has 1 aromatic carbocycles. The van der Waals surface area contributed by atoms with E-state index < -0.39 is 23.8 Å². The van der Waals surface area contributed by atoms with Crippen molar-refractivity contribution in [2.45, 2.75) is 38.8 Å². The van der Waals surface area contributed by atoms with Crippen molar-refractivity contribution in [3.63, 3.8) is 0 Å². The first-order valence-electron chi connectivity index (χ1n) is 11.9. The summed E-state index contributed by atoms with van der Waals surface area (Å²) in [6.07, 6.45) is 1.63. The van der Waals surface area contributed by atoms with Crippen molar-refractivity contribution in [3.8, 4) is 5.75 Å². The summed E-state index contributed by atoms with van der Waals surface area (Å²) in [5.74, 6) is -0.840. The molecular formula is C25H29N5O6S. The van der Waals surface area contributed by atoms with Crippen molar-refractivity contribution >= 4 is 40.6 Å². The molecule has 196 valence electrons. The molecule has 2 unspecified atom stereocenters. The van der Waals surface area contributed by atoms with E-state index >= 15 is 0 Å². The number of para-hydroxylation sites is 2. The summed E-state index contributed by atoms with van der Waals surface area (Å²) in [5.41, 5.74) is 11.4. The molecule has 4 rings (SSSR count). The average molecular weight is 528 g/mol. The second kappa shape index (κ2) is 11.4. The Bertz CT molecular complexity index is 1280. The van der Waals surface area contributed by atoms with Gasteiger partial charge in [-0.05, 0) is 62.5 Å². The normalized spacial score (nSPS) is 15.8. The van der Waals surface area contributed by atoms with Gasteiger partial charge in [-0.3, -0.25) is 19.3 Å². The molecule has 0 bridgehead atoms. The van der Waals surface area contributed by atoms with Crippen LogP contribution in [0.2, 0.25) is 0 Å². The van der Waals surface area contributed by atoms with Crippen molar-refractivity contribution in [1.82, 2.24) is 9.69 Å². The molecule has 37 heavy (non-hydrogen) atoms. The molecule has 3 aromatic rings. The number of aryl methyl sites for hydroxylation is 1. The van der Waals surface area contributed by atoms with Gasteiger partial charge in [-0.2, -0.15) is 4.37 Å². The van der Waals surface area contributed by atoms with Crippen LogP contribution in [0, 0.1) is 6.92 Å². The van der Waals surface area contributed by atoms with Crippen LogP contribution in [0.3, 0.4) is 0 Å². The molecule has 3 heterocycles. The Morgan fingerprint density at radius 3 is 2.68 bits per heavy atom. The van der Waals surface area contributed by atoms with E-state index in [0.29, 0.717) is 30.4 Å². The zero-order valence-electron chi connectivity index (χ0n) is 20.6. The lowest BCUT2D eigenvalue weighted by atomic mass is 10.1. The van der Waals surface area contributed by atoms with Gasteiger partial charge < -0.3 is 30.7 Å². The van der Waals surface area contributed by atoms with Gasteiger partial charge in [-0.1, -0.05) is 12.1 Å². The van der Waals surface area contributed by atoms with Crippen LogP contribution in [0.25, 0.3) is 0 Å². The lowest BCUT2D eigenvalue weighted by Gasteiger charge is -2.31. The number of nitrogens with two attached hydrogens (primary N) is 2. The number of anilines is 2. The van der Waals surface area contributed by atoms with Crippen LogP contribution in [0.1, 0.15) is 57.5 Å². The molecule has 0 radical (unpaired) electrons. The zero-order chi connectivity index (χ0) is 26.5. The highest BCUT2D eigenvalue weighted by atomic mass is 32.1. The van der Waals surface area contributed by atoms with Gasteiger partial charge in [0.2, 0.25) is 0 Å². The van der Waals surface area contributed by atoms with Crippen LogP contribution in [-0.4, -0.2) is 48.0 Å². The largest absolute Gasteiger partial charge is 0.492 e. The van der Waals surface area contributed by atoms with E-state index in [1.54, 1.807) is 43.3 Å². The molecule has 0 spiro atoms. The average Bonchev–Trinajstić information content (AvgIpc) is 3.63. The van der Waals surface area contributed by atoms with Crippen LogP contribution in [0.15, 0.2) is 40.8 Å². The monoisotopic (exact) mass is 527 g/mol.